The highest BCUT2D eigenvalue weighted by Gasteiger charge is 2.24. The summed E-state index contributed by atoms with van der Waals surface area (Å²) in [6, 6.07) is 11.7. The number of aromatic nitrogens is 3. The summed E-state index contributed by atoms with van der Waals surface area (Å²) >= 11 is 2.69. The van der Waals surface area contributed by atoms with Gasteiger partial charge in [-0.25, -0.2) is 9.97 Å². The van der Waals surface area contributed by atoms with Gasteiger partial charge in [-0.3, -0.25) is 9.69 Å². The van der Waals surface area contributed by atoms with Crippen LogP contribution in [-0.2, 0) is 0 Å². The van der Waals surface area contributed by atoms with Gasteiger partial charge in [0.15, 0.2) is 5.13 Å². The molecule has 0 spiro atoms. The van der Waals surface area contributed by atoms with Gasteiger partial charge in [0.25, 0.3) is 0 Å². The van der Waals surface area contributed by atoms with Crippen LogP contribution in [0, 0.1) is 6.92 Å². The van der Waals surface area contributed by atoms with Crippen LogP contribution in [0.2, 0.25) is 0 Å². The fourth-order valence-corrected chi connectivity index (χ4v) is 4.49. The Morgan fingerprint density at radius 1 is 1.19 bits per heavy atom. The van der Waals surface area contributed by atoms with E-state index in [2.05, 4.69) is 15.0 Å². The zero-order chi connectivity index (χ0) is 18.1. The minimum Gasteiger partial charge on any atom is -0.382 e. The minimum absolute atomic E-state index is 0.0867. The van der Waals surface area contributed by atoms with E-state index in [-0.39, 0.29) is 11.6 Å². The monoisotopic (exact) mass is 381 g/mol. The van der Waals surface area contributed by atoms with Crippen LogP contribution < -0.4 is 10.6 Å². The molecule has 0 unspecified atom stereocenters. The van der Waals surface area contributed by atoms with Gasteiger partial charge >= 0.3 is 0 Å². The first-order chi connectivity index (χ1) is 12.6. The smallest absolute Gasteiger partial charge is 0.217 e. The molecule has 4 rings (SSSR count). The van der Waals surface area contributed by atoms with E-state index in [1.807, 2.05) is 53.6 Å². The molecule has 1 aromatic carbocycles. The Labute approximate surface area is 158 Å². The molecule has 4 aromatic rings. The van der Waals surface area contributed by atoms with Crippen molar-refractivity contribution >= 4 is 50.9 Å². The van der Waals surface area contributed by atoms with Crippen LogP contribution in [0.3, 0.4) is 0 Å². The number of anilines is 4. The lowest BCUT2D eigenvalue weighted by Crippen LogP contribution is -2.09. The van der Waals surface area contributed by atoms with Crippen LogP contribution in [0.25, 0.3) is 0 Å². The maximum atomic E-state index is 12.9. The molecule has 0 saturated heterocycles. The molecule has 0 radical (unpaired) electrons. The first-order valence-electron chi connectivity index (χ1n) is 7.84. The number of rotatable bonds is 5. The lowest BCUT2D eigenvalue weighted by Gasteiger charge is -2.19. The molecule has 130 valence electrons. The summed E-state index contributed by atoms with van der Waals surface area (Å²) in [4.78, 5) is 27.6. The van der Waals surface area contributed by atoms with Crippen molar-refractivity contribution in [3.63, 3.8) is 0 Å². The van der Waals surface area contributed by atoms with Crippen molar-refractivity contribution in [2.45, 2.75) is 6.92 Å². The summed E-state index contributed by atoms with van der Waals surface area (Å²) in [5, 5.41) is 2.51. The number of aryl methyl sites for hydroxylation is 1. The summed E-state index contributed by atoms with van der Waals surface area (Å²) in [7, 11) is 0. The van der Waals surface area contributed by atoms with E-state index in [9.17, 15) is 4.79 Å². The van der Waals surface area contributed by atoms with Crippen LogP contribution in [0.5, 0.6) is 0 Å². The number of ketones is 1. The first kappa shape index (κ1) is 16.5. The van der Waals surface area contributed by atoms with Crippen molar-refractivity contribution in [2.24, 2.45) is 0 Å². The van der Waals surface area contributed by atoms with Gasteiger partial charge < -0.3 is 10.7 Å². The average molecular weight is 381 g/mol. The molecule has 0 fully saturated rings. The molecule has 0 aliphatic carbocycles. The van der Waals surface area contributed by atoms with Crippen molar-refractivity contribution < 1.29 is 4.79 Å². The normalized spacial score (nSPS) is 10.8. The van der Waals surface area contributed by atoms with Gasteiger partial charge in [0.1, 0.15) is 16.5 Å². The Morgan fingerprint density at radius 3 is 2.65 bits per heavy atom. The summed E-state index contributed by atoms with van der Waals surface area (Å²) < 4.78 is 0. The number of aromatic amines is 1. The summed E-state index contributed by atoms with van der Waals surface area (Å²) in [6.07, 6.45) is 3.30. The molecule has 0 aliphatic heterocycles. The highest BCUT2D eigenvalue weighted by Crippen LogP contribution is 2.39. The van der Waals surface area contributed by atoms with E-state index in [1.54, 1.807) is 12.5 Å². The third-order valence-corrected chi connectivity index (χ3v) is 5.92. The molecule has 3 aromatic heterocycles. The van der Waals surface area contributed by atoms with Crippen molar-refractivity contribution in [3.05, 3.63) is 69.6 Å². The standard InChI is InChI=1S/C18H15N5OS2/c1-11-7-8-25-15(11)14(24)16-17(19)22-18(26-16)23(13-9-20-10-21-13)12-5-3-2-4-6-12/h2-10H,19H2,1H3,(H,20,21). The van der Waals surface area contributed by atoms with Crippen LogP contribution in [0.4, 0.5) is 22.5 Å². The second-order valence-corrected chi connectivity index (χ2v) is 7.47. The van der Waals surface area contributed by atoms with Crippen LogP contribution in [0.1, 0.15) is 20.1 Å². The Morgan fingerprint density at radius 2 is 2.00 bits per heavy atom. The number of nitrogens with two attached hydrogens (primary N) is 1. The van der Waals surface area contributed by atoms with E-state index in [4.69, 9.17) is 5.73 Å². The molecular formula is C18H15N5OS2. The molecule has 0 aliphatic rings. The van der Waals surface area contributed by atoms with Gasteiger partial charge in [0, 0.05) is 5.69 Å². The highest BCUT2D eigenvalue weighted by atomic mass is 32.1. The molecular weight excluding hydrogens is 366 g/mol. The number of hydrogen-bond donors (Lipinski definition) is 2. The molecule has 0 saturated carbocycles. The number of nitrogens with one attached hydrogen (secondary N) is 1. The predicted molar refractivity (Wildman–Crippen MR) is 106 cm³/mol. The van der Waals surface area contributed by atoms with Crippen molar-refractivity contribution in [3.8, 4) is 0 Å². The number of thiophene rings is 1. The van der Waals surface area contributed by atoms with Crippen LogP contribution in [-0.4, -0.2) is 20.7 Å². The van der Waals surface area contributed by atoms with E-state index < -0.39 is 0 Å². The molecule has 0 amide bonds. The van der Waals surface area contributed by atoms with Crippen LogP contribution >= 0.6 is 22.7 Å². The summed E-state index contributed by atoms with van der Waals surface area (Å²) in [6.45, 7) is 1.92. The Bertz CT molecular complexity index is 1040. The molecule has 3 N–H and O–H groups in total. The van der Waals surface area contributed by atoms with Crippen molar-refractivity contribution in [2.75, 3.05) is 10.6 Å². The van der Waals surface area contributed by atoms with Gasteiger partial charge in [-0.15, -0.1) is 11.3 Å². The molecule has 26 heavy (non-hydrogen) atoms. The fraction of sp³-hybridized carbons (Fsp3) is 0.0556. The van der Waals surface area contributed by atoms with E-state index in [0.29, 0.717) is 14.9 Å². The number of nitrogen functional groups attached to an aromatic ring is 1. The van der Waals surface area contributed by atoms with E-state index in [0.717, 1.165) is 17.1 Å². The number of nitrogens with zero attached hydrogens (tertiary/aromatic N) is 3. The number of benzene rings is 1. The second kappa shape index (κ2) is 6.74. The zero-order valence-corrected chi connectivity index (χ0v) is 15.5. The Kier molecular flexibility index (Phi) is 4.27. The van der Waals surface area contributed by atoms with Gasteiger partial charge in [0.2, 0.25) is 5.78 Å². The van der Waals surface area contributed by atoms with Gasteiger partial charge in [0.05, 0.1) is 17.4 Å². The van der Waals surface area contributed by atoms with E-state index >= 15 is 0 Å². The summed E-state index contributed by atoms with van der Waals surface area (Å²) in [5.74, 6) is 0.899. The quantitative estimate of drug-likeness (QED) is 0.496. The lowest BCUT2D eigenvalue weighted by molar-refractivity contribution is 0.104. The lowest BCUT2D eigenvalue weighted by atomic mass is 10.2. The number of carbonyl (C=O) groups excluding carboxylic acids is 1. The maximum Gasteiger partial charge on any atom is 0.217 e. The van der Waals surface area contributed by atoms with Crippen LogP contribution in [0.15, 0.2) is 54.3 Å². The largest absolute Gasteiger partial charge is 0.382 e. The number of hydrogen-bond acceptors (Lipinski definition) is 7. The topological polar surface area (TPSA) is 87.9 Å². The molecule has 0 atom stereocenters. The highest BCUT2D eigenvalue weighted by molar-refractivity contribution is 7.19. The van der Waals surface area contributed by atoms with Crippen molar-refractivity contribution in [1.82, 2.24) is 15.0 Å². The number of para-hydroxylation sites is 1. The number of thiazole rings is 1. The fourth-order valence-electron chi connectivity index (χ4n) is 2.59. The number of carbonyl (C=O) groups is 1. The Hall–Kier alpha value is -2.97. The predicted octanol–water partition coefficient (Wildman–Crippen LogP) is 4.52. The SMILES string of the molecule is Cc1ccsc1C(=O)c1sc(N(c2ccccc2)c2cnc[nH]2)nc1N. The second-order valence-electron chi connectivity index (χ2n) is 5.58. The molecule has 6 nitrogen and oxygen atoms in total. The average Bonchev–Trinajstić information content (AvgIpc) is 3.38. The molecule has 8 heteroatoms. The van der Waals surface area contributed by atoms with Gasteiger partial charge in [-0.2, -0.15) is 0 Å². The van der Waals surface area contributed by atoms with Gasteiger partial charge in [-0.1, -0.05) is 29.5 Å². The third-order valence-electron chi connectivity index (χ3n) is 3.85. The summed E-state index contributed by atoms with van der Waals surface area (Å²) in [5.41, 5.74) is 7.95. The third kappa shape index (κ3) is 2.89. The maximum absolute atomic E-state index is 12.9. The first-order valence-corrected chi connectivity index (χ1v) is 9.53. The van der Waals surface area contributed by atoms with E-state index in [1.165, 1.54) is 22.7 Å². The molecule has 3 heterocycles. The molecule has 0 bridgehead atoms. The number of H-pyrrole nitrogens is 1. The zero-order valence-electron chi connectivity index (χ0n) is 13.8. The van der Waals surface area contributed by atoms with Crippen molar-refractivity contribution in [1.29, 1.82) is 0 Å². The number of imidazole rings is 1. The Balaban J connectivity index is 1.79. The van der Waals surface area contributed by atoms with Gasteiger partial charge in [-0.05, 0) is 36.1 Å². The minimum atomic E-state index is -0.0867.